The van der Waals surface area contributed by atoms with Gasteiger partial charge in [0.25, 0.3) is 0 Å². The van der Waals surface area contributed by atoms with Crippen molar-refractivity contribution in [2.24, 2.45) is 11.3 Å². The van der Waals surface area contributed by atoms with Gasteiger partial charge < -0.3 is 34.3 Å². The van der Waals surface area contributed by atoms with Gasteiger partial charge in [0.15, 0.2) is 11.8 Å². The lowest BCUT2D eigenvalue weighted by molar-refractivity contribution is -0.225. The van der Waals surface area contributed by atoms with Crippen LogP contribution in [0.1, 0.15) is 115 Å². The van der Waals surface area contributed by atoms with Crippen LogP contribution >= 0.6 is 0 Å². The maximum Gasteiger partial charge on any atom is 0.327 e. The minimum atomic E-state index is -1.34. The monoisotopic (exact) mass is 749 g/mol. The Bertz CT molecular complexity index is 1560. The SMILES string of the molecule is CCCCCC1(CCCCC)O[C@@H]2[C@H]3ON(Cc4cccc(C=CC5CCC6OC6C5)c4)[C@H]4C(=O)OC(CC34C(=O)N3CCC[C@@H]3C(=O)NCCO)[C@@H]2O1. The lowest BCUT2D eigenvalue weighted by Gasteiger charge is -2.50. The number of hydroxylamine groups is 2. The van der Waals surface area contributed by atoms with Crippen LogP contribution in [0.2, 0.25) is 0 Å². The number of benzene rings is 1. The maximum absolute atomic E-state index is 15.3. The molecule has 1 aromatic carbocycles. The highest BCUT2D eigenvalue weighted by Gasteiger charge is 2.77. The number of allylic oxidation sites excluding steroid dienone is 1. The number of hydrogen-bond acceptors (Lipinski definition) is 10. The van der Waals surface area contributed by atoms with Gasteiger partial charge in [0.2, 0.25) is 11.8 Å². The highest BCUT2D eigenvalue weighted by Crippen LogP contribution is 2.59. The van der Waals surface area contributed by atoms with Crippen molar-refractivity contribution in [3.8, 4) is 0 Å². The molecular weight excluding hydrogens is 690 g/mol. The lowest BCUT2D eigenvalue weighted by atomic mass is 9.62. The molecular formula is C42H59N3O9. The number of likely N-dealkylation sites (tertiary alicyclic amines) is 1. The second-order valence-electron chi connectivity index (χ2n) is 16.8. The molecule has 296 valence electrons. The van der Waals surface area contributed by atoms with E-state index in [4.69, 9.17) is 23.8 Å². The zero-order valence-electron chi connectivity index (χ0n) is 32.0. The van der Waals surface area contributed by atoms with Crippen molar-refractivity contribution in [3.05, 3.63) is 41.5 Å². The van der Waals surface area contributed by atoms with Crippen molar-refractivity contribution in [1.82, 2.24) is 15.3 Å². The van der Waals surface area contributed by atoms with E-state index in [1.165, 1.54) is 0 Å². The third kappa shape index (κ3) is 7.15. The quantitative estimate of drug-likeness (QED) is 0.138. The van der Waals surface area contributed by atoms with Gasteiger partial charge >= 0.3 is 5.97 Å². The summed E-state index contributed by atoms with van der Waals surface area (Å²) in [6.45, 7) is 4.92. The standard InChI is InChI=1S/C42H59N3O9/c1-3-5-7-18-41(19-8-6-4-2)52-34-33-25-42(40(49)44-21-10-13-30(44)38(47)43-20-22-46)36(39(48)51-33)45(54-37(42)35(34)53-41)26-29-12-9-11-27(23-29)14-15-28-16-17-31-32(24-28)50-31/h9,11-12,14-15,23,28,30-37,46H,3-8,10,13,16-22,24-26H2,1-2H3,(H,43,47)/t28?,30-,31?,32?,33?,34+,35+,36+,37-,42?/m1/s1. The predicted octanol–water partition coefficient (Wildman–Crippen LogP) is 4.81. The molecule has 7 aliphatic rings. The Balaban J connectivity index is 1.11. The maximum atomic E-state index is 15.3. The molecule has 2 aliphatic carbocycles. The van der Waals surface area contributed by atoms with Gasteiger partial charge in [0, 0.05) is 32.4 Å². The van der Waals surface area contributed by atoms with Crippen molar-refractivity contribution < 1.29 is 43.3 Å². The molecule has 1 aromatic rings. The summed E-state index contributed by atoms with van der Waals surface area (Å²) >= 11 is 0. The minimum absolute atomic E-state index is 0.108. The molecule has 12 heteroatoms. The van der Waals surface area contributed by atoms with Gasteiger partial charge in [0.05, 0.1) is 25.4 Å². The van der Waals surface area contributed by atoms with Crippen LogP contribution < -0.4 is 5.32 Å². The summed E-state index contributed by atoms with van der Waals surface area (Å²) in [6, 6.07) is 6.49. The molecule has 10 atom stereocenters. The number of epoxide rings is 1. The molecule has 54 heavy (non-hydrogen) atoms. The molecule has 0 aromatic heterocycles. The topological polar surface area (TPSA) is 139 Å². The lowest BCUT2D eigenvalue weighted by Crippen LogP contribution is -2.70. The van der Waals surface area contributed by atoms with E-state index in [9.17, 15) is 14.7 Å². The summed E-state index contributed by atoms with van der Waals surface area (Å²) < 4.78 is 26.0. The fourth-order valence-corrected chi connectivity index (χ4v) is 10.4. The summed E-state index contributed by atoms with van der Waals surface area (Å²) in [6.07, 6.45) is 14.9. The molecule has 12 nitrogen and oxygen atoms in total. The average molecular weight is 750 g/mol. The third-order valence-corrected chi connectivity index (χ3v) is 13.1. The fraction of sp³-hybridized carbons (Fsp3) is 0.738. The Kier molecular flexibility index (Phi) is 11.2. The molecule has 5 unspecified atom stereocenters. The van der Waals surface area contributed by atoms with Crippen LogP contribution in [0.15, 0.2) is 30.3 Å². The van der Waals surface area contributed by atoms with E-state index >= 15 is 4.79 Å². The van der Waals surface area contributed by atoms with Gasteiger partial charge in [-0.05, 0) is 62.0 Å². The zero-order chi connectivity index (χ0) is 37.5. The molecule has 2 amide bonds. The Morgan fingerprint density at radius 2 is 1.80 bits per heavy atom. The summed E-state index contributed by atoms with van der Waals surface area (Å²) in [4.78, 5) is 51.5. The Morgan fingerprint density at radius 3 is 2.56 bits per heavy atom. The second-order valence-corrected chi connectivity index (χ2v) is 16.8. The number of amides is 2. The van der Waals surface area contributed by atoms with Crippen molar-refractivity contribution in [2.75, 3.05) is 19.7 Å². The van der Waals surface area contributed by atoms with Crippen molar-refractivity contribution in [3.63, 3.8) is 0 Å². The van der Waals surface area contributed by atoms with Crippen LogP contribution in [0.4, 0.5) is 0 Å². The van der Waals surface area contributed by atoms with Crippen molar-refractivity contribution >= 4 is 23.9 Å². The fourth-order valence-electron chi connectivity index (χ4n) is 10.4. The number of aliphatic hydroxyl groups is 1. The number of nitrogens with one attached hydrogen (secondary N) is 1. The molecule has 5 saturated heterocycles. The largest absolute Gasteiger partial charge is 0.458 e. The molecule has 5 heterocycles. The van der Waals surface area contributed by atoms with E-state index in [-0.39, 0.29) is 37.9 Å². The van der Waals surface area contributed by atoms with E-state index in [1.54, 1.807) is 9.96 Å². The number of rotatable bonds is 16. The molecule has 2 bridgehead atoms. The smallest absolute Gasteiger partial charge is 0.327 e. The number of carbonyl (C=O) groups excluding carboxylic acids is 3. The second kappa shape index (κ2) is 15.9. The molecule has 2 saturated carbocycles. The first-order valence-electron chi connectivity index (χ1n) is 20.9. The van der Waals surface area contributed by atoms with E-state index in [1.807, 2.05) is 12.1 Å². The van der Waals surface area contributed by atoms with Gasteiger partial charge in [-0.15, -0.1) is 0 Å². The third-order valence-electron chi connectivity index (χ3n) is 13.1. The Hall–Kier alpha value is -2.87. The Labute approximate surface area is 319 Å². The molecule has 2 N–H and O–H groups in total. The van der Waals surface area contributed by atoms with Crippen LogP contribution in [0.25, 0.3) is 6.08 Å². The number of hydrogen-bond donors (Lipinski definition) is 2. The zero-order valence-corrected chi connectivity index (χ0v) is 32.0. The van der Waals surface area contributed by atoms with E-state index in [0.29, 0.717) is 50.4 Å². The number of unbranched alkanes of at least 4 members (excludes halogenated alkanes) is 4. The van der Waals surface area contributed by atoms with Gasteiger partial charge in [-0.1, -0.05) is 75.9 Å². The highest BCUT2D eigenvalue weighted by atomic mass is 16.8. The van der Waals surface area contributed by atoms with Crippen LogP contribution in [0.3, 0.4) is 0 Å². The molecule has 0 radical (unpaired) electrons. The normalized spacial score (nSPS) is 36.2. The van der Waals surface area contributed by atoms with Gasteiger partial charge in [-0.2, -0.15) is 5.06 Å². The van der Waals surface area contributed by atoms with E-state index < -0.39 is 53.7 Å². The molecule has 0 spiro atoms. The number of carbonyl (C=O) groups is 3. The highest BCUT2D eigenvalue weighted by molar-refractivity contribution is 5.96. The summed E-state index contributed by atoms with van der Waals surface area (Å²) in [7, 11) is 0. The molecule has 8 rings (SSSR count). The van der Waals surface area contributed by atoms with E-state index in [2.05, 4.69) is 43.4 Å². The summed E-state index contributed by atoms with van der Waals surface area (Å²) in [5.74, 6) is -1.43. The number of ether oxygens (including phenoxy) is 4. The van der Waals surface area contributed by atoms with Crippen molar-refractivity contribution in [1.29, 1.82) is 0 Å². The van der Waals surface area contributed by atoms with Gasteiger partial charge in [-0.3, -0.25) is 19.2 Å². The minimum Gasteiger partial charge on any atom is -0.458 e. The van der Waals surface area contributed by atoms with Gasteiger partial charge in [0.1, 0.15) is 35.9 Å². The first-order valence-corrected chi connectivity index (χ1v) is 20.9. The predicted molar refractivity (Wildman–Crippen MR) is 198 cm³/mol. The first-order chi connectivity index (χ1) is 26.3. The van der Waals surface area contributed by atoms with E-state index in [0.717, 1.165) is 68.9 Å². The van der Waals surface area contributed by atoms with Crippen LogP contribution in [0, 0.1) is 11.3 Å². The van der Waals surface area contributed by atoms with Crippen molar-refractivity contribution in [2.45, 2.75) is 165 Å². The number of fused-ring (bicyclic) bond motifs is 5. The average Bonchev–Trinajstić information content (AvgIpc) is 3.44. The first kappa shape index (κ1) is 38.0. The molecule has 7 fully saturated rings. The summed E-state index contributed by atoms with van der Waals surface area (Å²) in [5.41, 5.74) is 0.665. The van der Waals surface area contributed by atoms with Gasteiger partial charge in [-0.25, -0.2) is 0 Å². The van der Waals surface area contributed by atoms with Crippen LogP contribution in [-0.2, 0) is 44.7 Å². The molecule has 5 aliphatic heterocycles. The summed E-state index contributed by atoms with van der Waals surface area (Å²) in [5, 5.41) is 13.8. The number of aliphatic hydroxyl groups excluding tert-OH is 1. The number of esters is 1. The number of nitrogens with zero attached hydrogens (tertiary/aromatic N) is 2. The Morgan fingerprint density at radius 1 is 1.00 bits per heavy atom. The van der Waals surface area contributed by atoms with Crippen LogP contribution in [0.5, 0.6) is 0 Å². The van der Waals surface area contributed by atoms with Crippen LogP contribution in [-0.4, -0.2) is 107 Å².